The molecule has 1 aromatic carbocycles. The molecule has 0 aliphatic carbocycles. The maximum absolute atomic E-state index is 13.5. The number of piperazine rings is 1. The minimum atomic E-state index is -4.72. The number of carbonyl (C=O) groups excluding carboxylic acids is 2. The molecule has 0 unspecified atom stereocenters. The number of halogens is 3. The van der Waals surface area contributed by atoms with Crippen molar-refractivity contribution in [1.82, 2.24) is 14.7 Å². The summed E-state index contributed by atoms with van der Waals surface area (Å²) < 4.78 is 40.4. The molecule has 0 atom stereocenters. The molecule has 37 heavy (non-hydrogen) atoms. The van der Waals surface area contributed by atoms with Gasteiger partial charge in [0.25, 0.3) is 5.91 Å². The van der Waals surface area contributed by atoms with Gasteiger partial charge >= 0.3 is 6.18 Å². The average Bonchev–Trinajstić information content (AvgIpc) is 3.03. The summed E-state index contributed by atoms with van der Waals surface area (Å²) in [5.74, 6) is -0.185. The van der Waals surface area contributed by atoms with Crippen LogP contribution in [0.1, 0.15) is 64.0 Å². The Bertz CT molecular complexity index is 1060. The molecule has 2 amide bonds. The van der Waals surface area contributed by atoms with Crippen LogP contribution in [0.25, 0.3) is 0 Å². The number of carbonyl (C=O) groups is 2. The molecule has 2 aliphatic rings. The predicted octanol–water partition coefficient (Wildman–Crippen LogP) is 4.40. The van der Waals surface area contributed by atoms with Crippen molar-refractivity contribution in [2.24, 2.45) is 0 Å². The summed E-state index contributed by atoms with van der Waals surface area (Å²) in [6.07, 6.45) is -0.398. The lowest BCUT2D eigenvalue weighted by atomic mass is 10.0. The minimum absolute atomic E-state index is 0.0117. The van der Waals surface area contributed by atoms with Crippen LogP contribution in [-0.4, -0.2) is 76.4 Å². The lowest BCUT2D eigenvalue weighted by Gasteiger charge is -2.34. The van der Waals surface area contributed by atoms with E-state index in [-0.39, 0.29) is 16.7 Å². The third-order valence-electron chi connectivity index (χ3n) is 7.14. The van der Waals surface area contributed by atoms with E-state index in [0.717, 1.165) is 75.4 Å². The van der Waals surface area contributed by atoms with Gasteiger partial charge < -0.3 is 9.80 Å². The van der Waals surface area contributed by atoms with Crippen LogP contribution in [0, 0.1) is 11.3 Å². The second-order valence-corrected chi connectivity index (χ2v) is 10.3. The Balaban J connectivity index is 1.52. The van der Waals surface area contributed by atoms with Gasteiger partial charge in [-0.05, 0) is 63.7 Å². The van der Waals surface area contributed by atoms with Gasteiger partial charge in [0.2, 0.25) is 5.91 Å². The zero-order valence-corrected chi connectivity index (χ0v) is 22.4. The summed E-state index contributed by atoms with van der Waals surface area (Å²) in [7, 11) is 0. The zero-order valence-electron chi connectivity index (χ0n) is 21.6. The molecule has 7 nitrogen and oxygen atoms in total. The normalized spacial score (nSPS) is 18.5. The summed E-state index contributed by atoms with van der Waals surface area (Å²) in [6.45, 7) is 10.2. The molecule has 0 bridgehead atoms. The second-order valence-electron chi connectivity index (χ2n) is 9.96. The number of amides is 2. The Morgan fingerprint density at radius 2 is 1.70 bits per heavy atom. The van der Waals surface area contributed by atoms with E-state index < -0.39 is 28.7 Å². The van der Waals surface area contributed by atoms with Gasteiger partial charge in [-0.15, -0.1) is 0 Å². The molecular formula is C26H34F3N5O2S. The molecule has 0 N–H and O–H groups in total. The summed E-state index contributed by atoms with van der Waals surface area (Å²) in [5.41, 5.74) is -2.56. The maximum atomic E-state index is 13.5. The van der Waals surface area contributed by atoms with E-state index in [1.807, 2.05) is 11.8 Å². The van der Waals surface area contributed by atoms with Crippen molar-refractivity contribution in [3.8, 4) is 6.07 Å². The third-order valence-corrected chi connectivity index (χ3v) is 7.55. The molecule has 1 aromatic rings. The van der Waals surface area contributed by atoms with Crippen LogP contribution in [0.5, 0.6) is 0 Å². The fourth-order valence-corrected chi connectivity index (χ4v) is 5.35. The lowest BCUT2D eigenvalue weighted by Crippen LogP contribution is -2.48. The van der Waals surface area contributed by atoms with Gasteiger partial charge in [0, 0.05) is 39.1 Å². The summed E-state index contributed by atoms with van der Waals surface area (Å²) in [4.78, 5) is 32.2. The van der Waals surface area contributed by atoms with Gasteiger partial charge in [-0.2, -0.15) is 18.4 Å². The molecular weight excluding hydrogens is 503 g/mol. The molecule has 0 radical (unpaired) electrons. The third kappa shape index (κ3) is 6.41. The average molecular weight is 538 g/mol. The Labute approximate surface area is 221 Å². The smallest absolute Gasteiger partial charge is 0.340 e. The number of rotatable bonds is 9. The van der Waals surface area contributed by atoms with Gasteiger partial charge in [-0.25, -0.2) is 0 Å². The number of nitrogens with zero attached hydrogens (tertiary/aromatic N) is 5. The zero-order chi connectivity index (χ0) is 27.4. The van der Waals surface area contributed by atoms with Crippen LogP contribution in [0.4, 0.5) is 18.9 Å². The van der Waals surface area contributed by atoms with Crippen molar-refractivity contribution in [1.29, 1.82) is 5.26 Å². The first kappa shape index (κ1) is 28.9. The molecule has 11 heteroatoms. The number of alkyl halides is 3. The number of benzene rings is 1. The molecule has 3 rings (SSSR count). The number of thiocarbonyl (C=S) groups is 1. The van der Waals surface area contributed by atoms with Crippen LogP contribution >= 0.6 is 12.2 Å². The van der Waals surface area contributed by atoms with Crippen LogP contribution in [0.15, 0.2) is 18.2 Å². The van der Waals surface area contributed by atoms with E-state index in [4.69, 9.17) is 17.5 Å². The highest BCUT2D eigenvalue weighted by molar-refractivity contribution is 7.80. The van der Waals surface area contributed by atoms with Crippen molar-refractivity contribution in [2.75, 3.05) is 44.2 Å². The van der Waals surface area contributed by atoms with Gasteiger partial charge in [0.1, 0.15) is 5.54 Å². The first-order valence-corrected chi connectivity index (χ1v) is 13.1. The number of nitriles is 1. The first-order chi connectivity index (χ1) is 17.4. The molecule has 2 heterocycles. The van der Waals surface area contributed by atoms with Gasteiger partial charge in [-0.1, -0.05) is 19.8 Å². The number of anilines is 1. The van der Waals surface area contributed by atoms with Crippen LogP contribution in [0.3, 0.4) is 0 Å². The number of hydrogen-bond acceptors (Lipinski definition) is 5. The summed E-state index contributed by atoms with van der Waals surface area (Å²) in [5, 5.41) is 9.23. The van der Waals surface area contributed by atoms with E-state index >= 15 is 0 Å². The molecule has 0 spiro atoms. The van der Waals surface area contributed by atoms with E-state index in [2.05, 4.69) is 4.90 Å². The Hall–Kier alpha value is -2.71. The topological polar surface area (TPSA) is 70.9 Å². The van der Waals surface area contributed by atoms with Crippen molar-refractivity contribution in [3.63, 3.8) is 0 Å². The van der Waals surface area contributed by atoms with Crippen LogP contribution in [-0.2, 0) is 15.8 Å². The van der Waals surface area contributed by atoms with Gasteiger partial charge in [0.05, 0.1) is 22.9 Å². The highest BCUT2D eigenvalue weighted by Gasteiger charge is 2.49. The van der Waals surface area contributed by atoms with Crippen LogP contribution < -0.4 is 4.90 Å². The van der Waals surface area contributed by atoms with E-state index in [1.54, 1.807) is 24.8 Å². The fraction of sp³-hybridized carbons (Fsp3) is 0.615. The lowest BCUT2D eigenvalue weighted by molar-refractivity contribution is -0.138. The molecule has 0 saturated carbocycles. The molecule has 0 aromatic heterocycles. The fourth-order valence-electron chi connectivity index (χ4n) is 4.85. The second kappa shape index (κ2) is 11.8. The summed E-state index contributed by atoms with van der Waals surface area (Å²) >= 11 is 5.54. The Kier molecular flexibility index (Phi) is 9.18. The van der Waals surface area contributed by atoms with Gasteiger partial charge in [0.15, 0.2) is 5.11 Å². The number of hydrogen-bond donors (Lipinski definition) is 0. The molecule has 2 saturated heterocycles. The molecule has 2 aliphatic heterocycles. The first-order valence-electron chi connectivity index (χ1n) is 12.7. The highest BCUT2D eigenvalue weighted by atomic mass is 32.1. The SMILES string of the molecule is CCC(=O)N1CCN(CCCCCCN2C(=S)N(c3ccc(C#N)c(C(F)(F)F)c3)C(=O)C2(C)C)CC1. The van der Waals surface area contributed by atoms with Gasteiger partial charge in [-0.3, -0.25) is 19.4 Å². The summed E-state index contributed by atoms with van der Waals surface area (Å²) in [6, 6.07) is 4.78. The standard InChI is InChI=1S/C26H34F3N5O2S/c1-4-22(35)32-15-13-31(14-16-32)11-7-5-6-8-12-33-24(37)34(23(36)25(33,2)3)20-10-9-19(18-30)21(17-20)26(27,28)29/h9-10,17H,4-8,11-16H2,1-3H3. The van der Waals surface area contributed by atoms with E-state index in [0.29, 0.717) is 13.0 Å². The van der Waals surface area contributed by atoms with Crippen molar-refractivity contribution in [3.05, 3.63) is 29.3 Å². The van der Waals surface area contributed by atoms with E-state index in [9.17, 15) is 22.8 Å². The Morgan fingerprint density at radius 3 is 2.27 bits per heavy atom. The monoisotopic (exact) mass is 537 g/mol. The predicted molar refractivity (Wildman–Crippen MR) is 139 cm³/mol. The van der Waals surface area contributed by atoms with Crippen molar-refractivity contribution >= 4 is 34.8 Å². The highest BCUT2D eigenvalue weighted by Crippen LogP contribution is 2.38. The minimum Gasteiger partial charge on any atom is -0.340 e. The number of unbranched alkanes of at least 4 members (excludes halogenated alkanes) is 3. The Morgan fingerprint density at radius 1 is 1.08 bits per heavy atom. The van der Waals surface area contributed by atoms with Crippen molar-refractivity contribution < 1.29 is 22.8 Å². The van der Waals surface area contributed by atoms with Crippen LogP contribution in [0.2, 0.25) is 0 Å². The largest absolute Gasteiger partial charge is 0.417 e. The molecule has 2 fully saturated rings. The maximum Gasteiger partial charge on any atom is 0.417 e. The molecule has 202 valence electrons. The van der Waals surface area contributed by atoms with E-state index in [1.165, 1.54) is 6.07 Å². The van der Waals surface area contributed by atoms with Crippen molar-refractivity contribution in [2.45, 2.75) is 64.6 Å². The quantitative estimate of drug-likeness (QED) is 0.344.